The van der Waals surface area contributed by atoms with Gasteiger partial charge in [-0.3, -0.25) is 4.79 Å². The fraction of sp³-hybridized carbons (Fsp3) is 0.143. The summed E-state index contributed by atoms with van der Waals surface area (Å²) in [4.78, 5) is 16.4. The van der Waals surface area contributed by atoms with E-state index in [-0.39, 0.29) is 5.91 Å². The Morgan fingerprint density at radius 1 is 1.20 bits per heavy atom. The van der Waals surface area contributed by atoms with Crippen LogP contribution in [-0.2, 0) is 0 Å². The van der Waals surface area contributed by atoms with Crippen molar-refractivity contribution in [2.45, 2.75) is 17.6 Å². The van der Waals surface area contributed by atoms with Crippen molar-refractivity contribution in [3.05, 3.63) is 53.7 Å². The van der Waals surface area contributed by atoms with Gasteiger partial charge in [-0.2, -0.15) is 8.78 Å². The minimum absolute atomic E-state index is 0.324. The van der Waals surface area contributed by atoms with Crippen LogP contribution in [0.15, 0.2) is 47.5 Å². The van der Waals surface area contributed by atoms with E-state index in [9.17, 15) is 13.6 Å². The average Bonchev–Trinajstić information content (AvgIpc) is 2.41. The highest BCUT2D eigenvalue weighted by Crippen LogP contribution is 2.25. The molecule has 3 nitrogen and oxygen atoms in total. The third kappa shape index (κ3) is 4.03. The lowest BCUT2D eigenvalue weighted by Gasteiger charge is -2.05. The molecule has 1 N–H and O–H groups in total. The van der Waals surface area contributed by atoms with Crippen LogP contribution in [0.4, 0.5) is 14.6 Å². The van der Waals surface area contributed by atoms with Crippen LogP contribution in [0.2, 0.25) is 0 Å². The van der Waals surface area contributed by atoms with E-state index in [4.69, 9.17) is 0 Å². The molecule has 1 amide bonds. The monoisotopic (exact) mass is 294 g/mol. The second-order valence-corrected chi connectivity index (χ2v) is 5.14. The molecule has 2 rings (SSSR count). The molecule has 0 spiro atoms. The van der Waals surface area contributed by atoms with Crippen molar-refractivity contribution in [2.24, 2.45) is 0 Å². The molecule has 0 unspecified atom stereocenters. The van der Waals surface area contributed by atoms with Crippen molar-refractivity contribution in [3.63, 3.8) is 0 Å². The highest BCUT2D eigenvalue weighted by atomic mass is 32.2. The van der Waals surface area contributed by atoms with Crippen LogP contribution in [-0.4, -0.2) is 16.6 Å². The first-order chi connectivity index (χ1) is 9.54. The molecule has 1 aromatic carbocycles. The van der Waals surface area contributed by atoms with Gasteiger partial charge in [-0.15, -0.1) is 0 Å². The summed E-state index contributed by atoms with van der Waals surface area (Å²) in [5.41, 5.74) is 1.39. The number of carbonyl (C=O) groups is 1. The normalized spacial score (nSPS) is 10.6. The van der Waals surface area contributed by atoms with Crippen LogP contribution in [0.5, 0.6) is 0 Å². The van der Waals surface area contributed by atoms with Crippen LogP contribution in [0.1, 0.15) is 15.9 Å². The number of aryl methyl sites for hydroxylation is 1. The quantitative estimate of drug-likeness (QED) is 0.868. The zero-order chi connectivity index (χ0) is 14.5. The van der Waals surface area contributed by atoms with Gasteiger partial charge in [0.05, 0.1) is 0 Å². The van der Waals surface area contributed by atoms with Gasteiger partial charge in [0, 0.05) is 16.7 Å². The third-order valence-corrected chi connectivity index (χ3v) is 3.22. The van der Waals surface area contributed by atoms with Gasteiger partial charge in [0.25, 0.3) is 11.7 Å². The summed E-state index contributed by atoms with van der Waals surface area (Å²) in [7, 11) is 0. The van der Waals surface area contributed by atoms with E-state index in [1.165, 1.54) is 24.3 Å². The summed E-state index contributed by atoms with van der Waals surface area (Å²) in [6, 6.07) is 9.55. The molecule has 0 aliphatic rings. The Labute approximate surface area is 119 Å². The molecule has 0 bridgehead atoms. The van der Waals surface area contributed by atoms with Gasteiger partial charge in [-0.1, -0.05) is 17.8 Å². The third-order valence-electron chi connectivity index (χ3n) is 2.49. The zero-order valence-electron chi connectivity index (χ0n) is 10.6. The molecule has 0 saturated carbocycles. The molecule has 104 valence electrons. The number of hydrogen-bond donors (Lipinski definition) is 1. The number of halogens is 2. The highest BCUT2D eigenvalue weighted by molar-refractivity contribution is 7.99. The number of benzene rings is 1. The second kappa shape index (κ2) is 6.47. The Kier molecular flexibility index (Phi) is 4.68. The van der Waals surface area contributed by atoms with Crippen molar-refractivity contribution in [1.82, 2.24) is 4.98 Å². The number of nitrogens with one attached hydrogen (secondary N) is 1. The van der Waals surface area contributed by atoms with Crippen LogP contribution in [0.25, 0.3) is 0 Å². The van der Waals surface area contributed by atoms with Gasteiger partial charge in [-0.25, -0.2) is 4.98 Å². The van der Waals surface area contributed by atoms with E-state index in [2.05, 4.69) is 10.3 Å². The summed E-state index contributed by atoms with van der Waals surface area (Å²) in [5.74, 6) is -2.34. The van der Waals surface area contributed by atoms with Gasteiger partial charge in [-0.05, 0) is 42.8 Å². The number of rotatable bonds is 4. The Morgan fingerprint density at radius 2 is 1.90 bits per heavy atom. The molecule has 0 fully saturated rings. The van der Waals surface area contributed by atoms with E-state index in [1.807, 2.05) is 13.0 Å². The van der Waals surface area contributed by atoms with E-state index >= 15 is 0 Å². The topological polar surface area (TPSA) is 42.0 Å². The number of thioether (sulfide) groups is 1. The van der Waals surface area contributed by atoms with E-state index < -0.39 is 5.76 Å². The minimum Gasteiger partial charge on any atom is -0.307 e. The van der Waals surface area contributed by atoms with Crippen LogP contribution in [0.3, 0.4) is 0 Å². The summed E-state index contributed by atoms with van der Waals surface area (Å²) < 4.78 is 24.4. The molecule has 0 atom stereocenters. The maximum absolute atomic E-state index is 12.2. The number of hydrogen-bond acceptors (Lipinski definition) is 3. The van der Waals surface area contributed by atoms with E-state index in [0.717, 1.165) is 5.56 Å². The molecule has 0 aliphatic carbocycles. The minimum atomic E-state index is -2.47. The van der Waals surface area contributed by atoms with Gasteiger partial charge in [0.1, 0.15) is 5.82 Å². The molecular weight excluding hydrogens is 282 g/mol. The lowest BCUT2D eigenvalue weighted by molar-refractivity contribution is 0.102. The van der Waals surface area contributed by atoms with Gasteiger partial charge >= 0.3 is 0 Å². The zero-order valence-corrected chi connectivity index (χ0v) is 11.5. The predicted octanol–water partition coefficient (Wildman–Crippen LogP) is 3.96. The largest absolute Gasteiger partial charge is 0.307 e. The molecule has 2 aromatic rings. The van der Waals surface area contributed by atoms with Crippen LogP contribution >= 0.6 is 11.8 Å². The summed E-state index contributed by atoms with van der Waals surface area (Å²) in [6.07, 6.45) is 1.65. The fourth-order valence-electron chi connectivity index (χ4n) is 1.52. The Morgan fingerprint density at radius 3 is 2.45 bits per heavy atom. The molecule has 1 aromatic heterocycles. The van der Waals surface area contributed by atoms with Crippen molar-refractivity contribution < 1.29 is 13.6 Å². The summed E-state index contributed by atoms with van der Waals surface area (Å²) in [5, 5.41) is 2.64. The maximum Gasteiger partial charge on any atom is 0.288 e. The number of aromatic nitrogens is 1. The molecule has 6 heteroatoms. The molecule has 20 heavy (non-hydrogen) atoms. The SMILES string of the molecule is Cc1ccc(NC(=O)c2ccc(SC(F)F)cc2)nc1. The van der Waals surface area contributed by atoms with Gasteiger partial charge in [0.15, 0.2) is 0 Å². The molecule has 0 radical (unpaired) electrons. The first kappa shape index (κ1) is 14.5. The average molecular weight is 294 g/mol. The van der Waals surface area contributed by atoms with Crippen LogP contribution < -0.4 is 5.32 Å². The summed E-state index contributed by atoms with van der Waals surface area (Å²) >= 11 is 0.447. The lowest BCUT2D eigenvalue weighted by Crippen LogP contribution is -2.12. The van der Waals surface area contributed by atoms with Crippen molar-refractivity contribution in [1.29, 1.82) is 0 Å². The molecular formula is C14H12F2N2OS. The van der Waals surface area contributed by atoms with Gasteiger partial charge < -0.3 is 5.32 Å². The smallest absolute Gasteiger partial charge is 0.288 e. The van der Waals surface area contributed by atoms with Crippen molar-refractivity contribution >= 4 is 23.5 Å². The fourth-order valence-corrected chi connectivity index (χ4v) is 2.02. The predicted molar refractivity (Wildman–Crippen MR) is 75.2 cm³/mol. The van der Waals surface area contributed by atoms with E-state index in [1.54, 1.807) is 12.3 Å². The second-order valence-electron chi connectivity index (χ2n) is 4.08. The number of nitrogens with zero attached hydrogens (tertiary/aromatic N) is 1. The maximum atomic E-state index is 12.2. The standard InChI is InChI=1S/C14H12F2N2OS/c1-9-2-7-12(17-8-9)18-13(19)10-3-5-11(6-4-10)20-14(15)16/h2-8,14H,1H3,(H,17,18,19). The number of pyridine rings is 1. The highest BCUT2D eigenvalue weighted by Gasteiger charge is 2.09. The number of carbonyl (C=O) groups excluding carboxylic acids is 1. The van der Waals surface area contributed by atoms with Crippen LogP contribution in [0, 0.1) is 6.92 Å². The summed E-state index contributed by atoms with van der Waals surface area (Å²) in [6.45, 7) is 1.90. The Bertz CT molecular complexity index is 585. The number of alkyl halides is 2. The van der Waals surface area contributed by atoms with E-state index in [0.29, 0.717) is 28.0 Å². The first-order valence-electron chi connectivity index (χ1n) is 5.83. The molecule has 0 aliphatic heterocycles. The van der Waals surface area contributed by atoms with Crippen molar-refractivity contribution in [2.75, 3.05) is 5.32 Å². The lowest BCUT2D eigenvalue weighted by atomic mass is 10.2. The Balaban J connectivity index is 2.03. The number of anilines is 1. The first-order valence-corrected chi connectivity index (χ1v) is 6.71. The Hall–Kier alpha value is -1.95. The molecule has 0 saturated heterocycles. The van der Waals surface area contributed by atoms with Gasteiger partial charge in [0.2, 0.25) is 0 Å². The van der Waals surface area contributed by atoms with Crippen molar-refractivity contribution in [3.8, 4) is 0 Å². The molecule has 1 heterocycles. The number of amides is 1.